The normalized spacial score (nSPS) is 17.9. The molecule has 1 unspecified atom stereocenters. The molecule has 1 aliphatic rings. The Hall–Kier alpha value is -1.17. The molecule has 1 atom stereocenters. The van der Waals surface area contributed by atoms with E-state index >= 15 is 0 Å². The predicted molar refractivity (Wildman–Crippen MR) is 122 cm³/mol. The molecule has 0 aromatic heterocycles. The number of carbonyl (C=O) groups is 1. The zero-order valence-electron chi connectivity index (χ0n) is 16.8. The highest BCUT2D eigenvalue weighted by Crippen LogP contribution is 2.43. The Labute approximate surface area is 185 Å². The quantitative estimate of drug-likeness (QED) is 0.584. The molecule has 0 bridgehead atoms. The van der Waals surface area contributed by atoms with Gasteiger partial charge in [0.05, 0.1) is 0 Å². The van der Waals surface area contributed by atoms with Crippen LogP contribution >= 0.6 is 31.9 Å². The minimum atomic E-state index is -0.111. The molecule has 2 aromatic rings. The highest BCUT2D eigenvalue weighted by atomic mass is 79.9. The van der Waals surface area contributed by atoms with Crippen molar-refractivity contribution in [3.63, 3.8) is 0 Å². The molecule has 2 aromatic carbocycles. The minimum Gasteiger partial charge on any atom is -0.352 e. The number of hydrogen-bond acceptors (Lipinski definition) is 2. The molecule has 1 amide bonds. The lowest BCUT2D eigenvalue weighted by Crippen LogP contribution is -2.50. The number of likely N-dealkylation sites (tertiary alicyclic amines) is 1. The van der Waals surface area contributed by atoms with Gasteiger partial charge in [0.2, 0.25) is 5.91 Å². The van der Waals surface area contributed by atoms with E-state index in [1.165, 1.54) is 11.1 Å². The molecule has 1 heterocycles. The largest absolute Gasteiger partial charge is 0.352 e. The maximum atomic E-state index is 13.2. The van der Waals surface area contributed by atoms with Gasteiger partial charge in [0.25, 0.3) is 0 Å². The highest BCUT2D eigenvalue weighted by molar-refractivity contribution is 9.11. The first-order chi connectivity index (χ1) is 13.3. The second-order valence-electron chi connectivity index (χ2n) is 7.99. The molecule has 1 aliphatic heterocycles. The number of benzene rings is 2. The molecule has 0 saturated carbocycles. The molecular weight excluding hydrogens is 480 g/mol. The number of nitrogens with zero attached hydrogens (tertiary/aromatic N) is 1. The predicted octanol–water partition coefficient (Wildman–Crippen LogP) is 5.44. The van der Waals surface area contributed by atoms with Gasteiger partial charge in [-0.05, 0) is 74.8 Å². The van der Waals surface area contributed by atoms with Crippen molar-refractivity contribution in [3.8, 4) is 0 Å². The summed E-state index contributed by atoms with van der Waals surface area (Å²) in [4.78, 5) is 15.6. The maximum absolute atomic E-state index is 13.2. The number of amides is 1. The van der Waals surface area contributed by atoms with Crippen molar-refractivity contribution in [2.45, 2.75) is 38.6 Å². The molecule has 3 rings (SSSR count). The SMILES string of the molecule is Cc1ccccc1C1(C(C)C(=O)NCc2cc(Br)cc(Br)c2)CCN(C)CC1. The van der Waals surface area contributed by atoms with Gasteiger partial charge in [0.1, 0.15) is 0 Å². The average molecular weight is 508 g/mol. The first kappa shape index (κ1) is 21.5. The zero-order valence-corrected chi connectivity index (χ0v) is 19.9. The van der Waals surface area contributed by atoms with Crippen LogP contribution in [0.25, 0.3) is 0 Å². The maximum Gasteiger partial charge on any atom is 0.223 e. The number of halogens is 2. The third-order valence-electron chi connectivity index (χ3n) is 6.17. The second kappa shape index (κ2) is 9.10. The van der Waals surface area contributed by atoms with E-state index in [0.29, 0.717) is 6.54 Å². The minimum absolute atomic E-state index is 0.0853. The third-order valence-corrected chi connectivity index (χ3v) is 7.09. The van der Waals surface area contributed by atoms with E-state index in [9.17, 15) is 4.79 Å². The summed E-state index contributed by atoms with van der Waals surface area (Å²) in [6.45, 7) is 6.84. The van der Waals surface area contributed by atoms with Crippen molar-refractivity contribution < 1.29 is 4.79 Å². The molecule has 1 N–H and O–H groups in total. The summed E-state index contributed by atoms with van der Waals surface area (Å²) in [5.74, 6) is 0.0433. The van der Waals surface area contributed by atoms with Gasteiger partial charge in [-0.1, -0.05) is 63.0 Å². The fourth-order valence-corrected chi connectivity index (χ4v) is 5.78. The van der Waals surface area contributed by atoms with Gasteiger partial charge < -0.3 is 10.2 Å². The topological polar surface area (TPSA) is 32.3 Å². The molecule has 0 radical (unpaired) electrons. The van der Waals surface area contributed by atoms with Crippen molar-refractivity contribution in [1.82, 2.24) is 10.2 Å². The van der Waals surface area contributed by atoms with Crippen molar-refractivity contribution in [2.75, 3.05) is 20.1 Å². The van der Waals surface area contributed by atoms with Gasteiger partial charge in [0, 0.05) is 26.8 Å². The van der Waals surface area contributed by atoms with Crippen LogP contribution in [0.2, 0.25) is 0 Å². The first-order valence-corrected chi connectivity index (χ1v) is 11.4. The first-order valence-electron chi connectivity index (χ1n) is 9.79. The van der Waals surface area contributed by atoms with Crippen LogP contribution in [0.4, 0.5) is 0 Å². The molecule has 28 heavy (non-hydrogen) atoms. The van der Waals surface area contributed by atoms with Crippen LogP contribution in [0, 0.1) is 12.8 Å². The van der Waals surface area contributed by atoms with Gasteiger partial charge in [-0.25, -0.2) is 0 Å². The third kappa shape index (κ3) is 4.69. The van der Waals surface area contributed by atoms with E-state index in [4.69, 9.17) is 0 Å². The van der Waals surface area contributed by atoms with E-state index in [1.54, 1.807) is 0 Å². The monoisotopic (exact) mass is 506 g/mol. The smallest absolute Gasteiger partial charge is 0.223 e. The lowest BCUT2D eigenvalue weighted by Gasteiger charge is -2.45. The van der Waals surface area contributed by atoms with E-state index in [2.05, 4.69) is 87.2 Å². The van der Waals surface area contributed by atoms with Crippen LogP contribution in [0.3, 0.4) is 0 Å². The number of carbonyl (C=O) groups excluding carboxylic acids is 1. The van der Waals surface area contributed by atoms with Crippen molar-refractivity contribution in [3.05, 3.63) is 68.1 Å². The number of aryl methyl sites for hydroxylation is 1. The van der Waals surface area contributed by atoms with Crippen LogP contribution < -0.4 is 5.32 Å². The lowest BCUT2D eigenvalue weighted by atomic mass is 9.63. The summed E-state index contributed by atoms with van der Waals surface area (Å²) in [5.41, 5.74) is 3.58. The summed E-state index contributed by atoms with van der Waals surface area (Å²) in [7, 11) is 2.16. The lowest BCUT2D eigenvalue weighted by molar-refractivity contribution is -0.127. The van der Waals surface area contributed by atoms with Crippen LogP contribution in [0.5, 0.6) is 0 Å². The van der Waals surface area contributed by atoms with Crippen LogP contribution in [-0.2, 0) is 16.8 Å². The van der Waals surface area contributed by atoms with E-state index in [0.717, 1.165) is 40.4 Å². The molecular formula is C23H28Br2N2O. The zero-order chi connectivity index (χ0) is 20.3. The van der Waals surface area contributed by atoms with Gasteiger partial charge in [-0.3, -0.25) is 4.79 Å². The van der Waals surface area contributed by atoms with Crippen LogP contribution in [-0.4, -0.2) is 30.9 Å². The van der Waals surface area contributed by atoms with Crippen molar-refractivity contribution in [1.29, 1.82) is 0 Å². The standard InChI is InChI=1S/C23H28Br2N2O/c1-16-6-4-5-7-21(16)23(8-10-27(3)11-9-23)17(2)22(28)26-15-18-12-19(24)14-20(25)13-18/h4-7,12-14,17H,8-11,15H2,1-3H3,(H,26,28). The van der Waals surface area contributed by atoms with Gasteiger partial charge in [0.15, 0.2) is 0 Å². The van der Waals surface area contributed by atoms with Gasteiger partial charge in [-0.2, -0.15) is 0 Å². The second-order valence-corrected chi connectivity index (χ2v) is 9.82. The van der Waals surface area contributed by atoms with Gasteiger partial charge in [-0.15, -0.1) is 0 Å². The van der Waals surface area contributed by atoms with E-state index in [-0.39, 0.29) is 17.2 Å². The Morgan fingerprint density at radius 3 is 2.36 bits per heavy atom. The highest BCUT2D eigenvalue weighted by Gasteiger charge is 2.44. The number of hydrogen-bond donors (Lipinski definition) is 1. The Kier molecular flexibility index (Phi) is 7.00. The van der Waals surface area contributed by atoms with Crippen LogP contribution in [0.15, 0.2) is 51.4 Å². The van der Waals surface area contributed by atoms with Crippen molar-refractivity contribution >= 4 is 37.8 Å². The molecule has 0 aliphatic carbocycles. The number of rotatable bonds is 5. The van der Waals surface area contributed by atoms with Crippen LogP contribution in [0.1, 0.15) is 36.5 Å². The molecule has 1 saturated heterocycles. The molecule has 150 valence electrons. The Bertz CT molecular complexity index is 824. The number of piperidine rings is 1. The molecule has 1 fully saturated rings. The summed E-state index contributed by atoms with van der Waals surface area (Å²) in [6.07, 6.45) is 2.01. The summed E-state index contributed by atoms with van der Waals surface area (Å²) in [6, 6.07) is 14.7. The number of nitrogens with one attached hydrogen (secondary N) is 1. The molecule has 5 heteroatoms. The fraction of sp³-hybridized carbons (Fsp3) is 0.435. The Morgan fingerprint density at radius 1 is 1.14 bits per heavy atom. The molecule has 0 spiro atoms. The Balaban J connectivity index is 1.82. The van der Waals surface area contributed by atoms with E-state index < -0.39 is 0 Å². The molecule has 3 nitrogen and oxygen atoms in total. The fourth-order valence-electron chi connectivity index (χ4n) is 4.39. The Morgan fingerprint density at radius 2 is 1.75 bits per heavy atom. The summed E-state index contributed by atoms with van der Waals surface area (Å²) >= 11 is 7.03. The average Bonchev–Trinajstić information content (AvgIpc) is 2.66. The summed E-state index contributed by atoms with van der Waals surface area (Å²) < 4.78 is 2.01. The van der Waals surface area contributed by atoms with Crippen molar-refractivity contribution in [2.24, 2.45) is 5.92 Å². The van der Waals surface area contributed by atoms with Gasteiger partial charge >= 0.3 is 0 Å². The summed E-state index contributed by atoms with van der Waals surface area (Å²) in [5, 5.41) is 3.18. The van der Waals surface area contributed by atoms with E-state index in [1.807, 2.05) is 18.2 Å².